The summed E-state index contributed by atoms with van der Waals surface area (Å²) in [7, 11) is 0. The number of hydrogen-bond acceptors (Lipinski definition) is 6. The smallest absolute Gasteiger partial charge is 0.407 e. The highest BCUT2D eigenvalue weighted by atomic mass is 16.6. The van der Waals surface area contributed by atoms with Gasteiger partial charge < -0.3 is 15.4 Å². The number of alkyl carbamates (subject to hydrolysis) is 1. The second kappa shape index (κ2) is 6.95. The molecule has 1 fully saturated rings. The third-order valence-corrected chi connectivity index (χ3v) is 4.54. The lowest BCUT2D eigenvalue weighted by Crippen LogP contribution is -2.34. The van der Waals surface area contributed by atoms with Crippen LogP contribution in [0, 0.1) is 13.8 Å². The number of benzene rings is 1. The van der Waals surface area contributed by atoms with Crippen LogP contribution < -0.4 is 10.6 Å². The summed E-state index contributed by atoms with van der Waals surface area (Å²) >= 11 is 0. The number of hydrogen-bond donors (Lipinski definition) is 2. The van der Waals surface area contributed by atoms with Gasteiger partial charge in [0.05, 0.1) is 19.3 Å². The van der Waals surface area contributed by atoms with Crippen LogP contribution in [0.4, 0.5) is 16.4 Å². The standard InChI is InChI=1S/C20H22N6O2/c1-13-6-15(8-17(7-13)25-18-21-5-4-14(2)24-18)16-9-23-26(10-16)12-20(3)11-22-19(27)28-20/h4-10H,11-12H2,1-3H3,(H,22,27)(H,21,24,25)/t20-/m0/s1. The lowest BCUT2D eigenvalue weighted by atomic mass is 10.1. The molecule has 0 unspecified atom stereocenters. The van der Waals surface area contributed by atoms with Crippen molar-refractivity contribution in [3.05, 3.63) is 54.1 Å². The van der Waals surface area contributed by atoms with Gasteiger partial charge in [0.15, 0.2) is 0 Å². The number of ether oxygens (including phenoxy) is 1. The van der Waals surface area contributed by atoms with Crippen LogP contribution in [-0.2, 0) is 11.3 Å². The van der Waals surface area contributed by atoms with Gasteiger partial charge in [0, 0.05) is 29.3 Å². The maximum absolute atomic E-state index is 11.3. The molecule has 1 aliphatic heterocycles. The van der Waals surface area contributed by atoms with Gasteiger partial charge in [-0.1, -0.05) is 6.07 Å². The van der Waals surface area contributed by atoms with Gasteiger partial charge in [-0.15, -0.1) is 0 Å². The van der Waals surface area contributed by atoms with Gasteiger partial charge in [-0.05, 0) is 50.1 Å². The molecule has 1 amide bonds. The molecule has 0 aliphatic carbocycles. The second-order valence-electron chi connectivity index (χ2n) is 7.35. The van der Waals surface area contributed by atoms with Gasteiger partial charge in [-0.2, -0.15) is 5.10 Å². The lowest BCUT2D eigenvalue weighted by Gasteiger charge is -2.20. The minimum atomic E-state index is -0.595. The molecule has 4 rings (SSSR count). The van der Waals surface area contributed by atoms with Crippen molar-refractivity contribution in [1.29, 1.82) is 0 Å². The molecular weight excluding hydrogens is 356 g/mol. The average Bonchev–Trinajstić information content (AvgIpc) is 3.21. The number of anilines is 2. The van der Waals surface area contributed by atoms with Crippen LogP contribution in [0.5, 0.6) is 0 Å². The highest BCUT2D eigenvalue weighted by Gasteiger charge is 2.36. The van der Waals surface area contributed by atoms with E-state index >= 15 is 0 Å². The number of carbonyl (C=O) groups excluding carboxylic acids is 1. The summed E-state index contributed by atoms with van der Waals surface area (Å²) in [6.45, 7) is 6.82. The van der Waals surface area contributed by atoms with E-state index < -0.39 is 5.60 Å². The van der Waals surface area contributed by atoms with E-state index in [9.17, 15) is 4.79 Å². The Morgan fingerprint density at radius 2 is 2.14 bits per heavy atom. The molecule has 0 spiro atoms. The second-order valence-corrected chi connectivity index (χ2v) is 7.35. The quantitative estimate of drug-likeness (QED) is 0.708. The van der Waals surface area contributed by atoms with Gasteiger partial charge in [0.25, 0.3) is 0 Å². The van der Waals surface area contributed by atoms with Crippen molar-refractivity contribution in [3.63, 3.8) is 0 Å². The van der Waals surface area contributed by atoms with E-state index in [1.54, 1.807) is 10.9 Å². The largest absolute Gasteiger partial charge is 0.439 e. The van der Waals surface area contributed by atoms with Crippen molar-refractivity contribution in [2.45, 2.75) is 32.9 Å². The zero-order valence-electron chi connectivity index (χ0n) is 16.1. The zero-order chi connectivity index (χ0) is 19.7. The molecule has 3 aromatic rings. The molecule has 1 aliphatic rings. The predicted molar refractivity (Wildman–Crippen MR) is 105 cm³/mol. The first kappa shape index (κ1) is 18.0. The van der Waals surface area contributed by atoms with Crippen LogP contribution >= 0.6 is 0 Å². The minimum absolute atomic E-state index is 0.386. The molecule has 28 heavy (non-hydrogen) atoms. The Hall–Kier alpha value is -3.42. The van der Waals surface area contributed by atoms with Crippen LogP contribution in [-0.4, -0.2) is 38.0 Å². The molecule has 2 N–H and O–H groups in total. The Labute approximate surface area is 163 Å². The third kappa shape index (κ3) is 3.95. The number of nitrogens with zero attached hydrogens (tertiary/aromatic N) is 4. The van der Waals surface area contributed by atoms with Crippen molar-refractivity contribution < 1.29 is 9.53 Å². The first-order chi connectivity index (χ1) is 13.4. The van der Waals surface area contributed by atoms with Crippen LogP contribution in [0.3, 0.4) is 0 Å². The number of aromatic nitrogens is 4. The Morgan fingerprint density at radius 1 is 1.29 bits per heavy atom. The first-order valence-electron chi connectivity index (χ1n) is 9.07. The number of aryl methyl sites for hydroxylation is 2. The van der Waals surface area contributed by atoms with Gasteiger partial charge in [0.1, 0.15) is 5.60 Å². The van der Waals surface area contributed by atoms with Crippen molar-refractivity contribution in [2.24, 2.45) is 0 Å². The predicted octanol–water partition coefficient (Wildman–Crippen LogP) is 3.20. The van der Waals surface area contributed by atoms with Crippen molar-refractivity contribution in [1.82, 2.24) is 25.1 Å². The first-order valence-corrected chi connectivity index (χ1v) is 9.07. The molecule has 144 valence electrons. The number of cyclic esters (lactones) is 1. The van der Waals surface area contributed by atoms with E-state index in [1.165, 1.54) is 0 Å². The van der Waals surface area contributed by atoms with Crippen LogP contribution in [0.25, 0.3) is 11.1 Å². The Morgan fingerprint density at radius 3 is 2.89 bits per heavy atom. The summed E-state index contributed by atoms with van der Waals surface area (Å²) in [4.78, 5) is 20.0. The molecule has 0 saturated carbocycles. The van der Waals surface area contributed by atoms with Crippen LogP contribution in [0.1, 0.15) is 18.2 Å². The highest BCUT2D eigenvalue weighted by Crippen LogP contribution is 2.26. The maximum atomic E-state index is 11.3. The molecule has 0 bridgehead atoms. The summed E-state index contributed by atoms with van der Waals surface area (Å²) in [6, 6.07) is 8.05. The normalized spacial score (nSPS) is 18.6. The summed E-state index contributed by atoms with van der Waals surface area (Å²) in [5.41, 5.74) is 4.35. The molecular formula is C20H22N6O2. The Bertz CT molecular complexity index is 1030. The molecule has 2 aromatic heterocycles. The summed E-state index contributed by atoms with van der Waals surface area (Å²) in [5, 5.41) is 10.4. The SMILES string of the molecule is Cc1cc(Nc2nccc(C)n2)cc(-c2cnn(C[C@]3(C)CNC(=O)O3)c2)c1. The third-order valence-electron chi connectivity index (χ3n) is 4.54. The fourth-order valence-corrected chi connectivity index (χ4v) is 3.25. The van der Waals surface area contributed by atoms with E-state index in [0.717, 1.165) is 28.1 Å². The molecule has 8 heteroatoms. The van der Waals surface area contributed by atoms with E-state index in [4.69, 9.17) is 4.74 Å². The van der Waals surface area contributed by atoms with E-state index in [-0.39, 0.29) is 6.09 Å². The van der Waals surface area contributed by atoms with Gasteiger partial charge in [-0.3, -0.25) is 4.68 Å². The molecule has 1 atom stereocenters. The van der Waals surface area contributed by atoms with Crippen molar-refractivity contribution in [3.8, 4) is 11.1 Å². The monoisotopic (exact) mass is 378 g/mol. The van der Waals surface area contributed by atoms with Crippen molar-refractivity contribution >= 4 is 17.7 Å². The Balaban J connectivity index is 1.55. The van der Waals surface area contributed by atoms with E-state index in [2.05, 4.69) is 31.8 Å². The van der Waals surface area contributed by atoms with Gasteiger partial charge >= 0.3 is 6.09 Å². The molecule has 1 saturated heterocycles. The Kier molecular flexibility index (Phi) is 4.46. The lowest BCUT2D eigenvalue weighted by molar-refractivity contribution is 0.0550. The van der Waals surface area contributed by atoms with Gasteiger partial charge in [-0.25, -0.2) is 14.8 Å². The van der Waals surface area contributed by atoms with Crippen LogP contribution in [0.15, 0.2) is 42.9 Å². The fourth-order valence-electron chi connectivity index (χ4n) is 3.25. The molecule has 1 aromatic carbocycles. The number of rotatable bonds is 5. The number of carbonyl (C=O) groups is 1. The zero-order valence-corrected chi connectivity index (χ0v) is 16.1. The molecule has 8 nitrogen and oxygen atoms in total. The molecule has 0 radical (unpaired) electrons. The van der Waals surface area contributed by atoms with Crippen molar-refractivity contribution in [2.75, 3.05) is 11.9 Å². The summed E-state index contributed by atoms with van der Waals surface area (Å²) in [5.74, 6) is 0.565. The minimum Gasteiger partial charge on any atom is -0.439 e. The molecule has 3 heterocycles. The maximum Gasteiger partial charge on any atom is 0.407 e. The van der Waals surface area contributed by atoms with Gasteiger partial charge in [0.2, 0.25) is 5.95 Å². The number of nitrogens with one attached hydrogen (secondary N) is 2. The summed E-state index contributed by atoms with van der Waals surface area (Å²) in [6.07, 6.45) is 5.12. The fraction of sp³-hybridized carbons (Fsp3) is 0.300. The highest BCUT2D eigenvalue weighted by molar-refractivity contribution is 5.71. The van der Waals surface area contributed by atoms with Crippen LogP contribution in [0.2, 0.25) is 0 Å². The average molecular weight is 378 g/mol. The van der Waals surface area contributed by atoms with E-state index in [0.29, 0.717) is 19.0 Å². The summed E-state index contributed by atoms with van der Waals surface area (Å²) < 4.78 is 7.15. The topological polar surface area (TPSA) is 94.0 Å². The van der Waals surface area contributed by atoms with E-state index in [1.807, 2.05) is 51.4 Å². The number of amides is 1.